The number of phenols is 1. The molecule has 10 heteroatoms. The van der Waals surface area contributed by atoms with E-state index in [9.17, 15) is 15.5 Å². The second kappa shape index (κ2) is 7.63. The van der Waals surface area contributed by atoms with Crippen LogP contribution in [0.5, 0.6) is 5.75 Å². The molecule has 0 radical (unpaired) electrons. The Morgan fingerprint density at radius 1 is 1.17 bits per heavy atom. The van der Waals surface area contributed by atoms with Crippen LogP contribution in [0.25, 0.3) is 33.4 Å². The lowest BCUT2D eigenvalue weighted by atomic mass is 9.98. The number of hydrogen-bond acceptors (Lipinski definition) is 7. The molecule has 0 amide bonds. The second-order valence-corrected chi connectivity index (χ2v) is 7.53. The molecule has 0 fully saturated rings. The van der Waals surface area contributed by atoms with Gasteiger partial charge in [0.1, 0.15) is 11.6 Å². The maximum absolute atomic E-state index is 11.5. The van der Waals surface area contributed by atoms with E-state index in [-0.39, 0.29) is 32.7 Å². The number of hydrogen-bond donors (Lipinski definition) is 5. The van der Waals surface area contributed by atoms with Gasteiger partial charge < -0.3 is 21.0 Å². The molecule has 4 aromatic rings. The SMILES string of the molecule is Cc1cc(Cl)c(O)c(-c2cc(-c3cccc([NH+]([O-])O)c3)c3c(N)[nH]c(=S)nc3n2)c1. The summed E-state index contributed by atoms with van der Waals surface area (Å²) in [4.78, 5) is 11.6. The highest BCUT2D eigenvalue weighted by Gasteiger charge is 2.18. The number of quaternary nitrogens is 1. The molecule has 0 saturated carbocycles. The minimum absolute atomic E-state index is 0.117. The van der Waals surface area contributed by atoms with Crippen LogP contribution in [0.15, 0.2) is 42.5 Å². The molecule has 0 bridgehead atoms. The van der Waals surface area contributed by atoms with Gasteiger partial charge in [-0.2, -0.15) is 10.2 Å². The number of phenolic OH excluding ortho intramolecular Hbond substituents is 1. The molecule has 0 aliphatic carbocycles. The van der Waals surface area contributed by atoms with Crippen LogP contribution in [0.2, 0.25) is 5.02 Å². The summed E-state index contributed by atoms with van der Waals surface area (Å²) < 4.78 is 0.154. The largest absolute Gasteiger partial charge is 0.595 e. The number of nitrogens with two attached hydrogens (primary N) is 1. The summed E-state index contributed by atoms with van der Waals surface area (Å²) >= 11 is 11.3. The highest BCUT2D eigenvalue weighted by atomic mass is 35.5. The minimum Gasteiger partial charge on any atom is -0.595 e. The summed E-state index contributed by atoms with van der Waals surface area (Å²) in [5.74, 6) is 0.139. The van der Waals surface area contributed by atoms with E-state index in [0.717, 1.165) is 5.56 Å². The quantitative estimate of drug-likeness (QED) is 0.241. The van der Waals surface area contributed by atoms with E-state index in [0.29, 0.717) is 27.8 Å². The van der Waals surface area contributed by atoms with Crippen molar-refractivity contribution in [2.75, 3.05) is 5.73 Å². The van der Waals surface area contributed by atoms with Crippen molar-refractivity contribution in [3.05, 3.63) is 63.0 Å². The van der Waals surface area contributed by atoms with Gasteiger partial charge in [-0.25, -0.2) is 10.2 Å². The highest BCUT2D eigenvalue weighted by Crippen LogP contribution is 2.39. The standard InChI is InChI=1S/C20H16ClN5O3S/c1-9-5-13(17(27)14(21)6-9)15-8-12(10-3-2-4-11(7-10)26(28)29)16-18(22)24-20(30)25-19(16)23-15/h2-8,26-28H,1H3,(H3,22,23,24,25,30). The molecule has 1 unspecified atom stereocenters. The third-order valence-electron chi connectivity index (χ3n) is 4.62. The fourth-order valence-electron chi connectivity index (χ4n) is 3.30. The van der Waals surface area contributed by atoms with Gasteiger partial charge in [-0.05, 0) is 54.0 Å². The Bertz CT molecular complexity index is 1360. The van der Waals surface area contributed by atoms with Gasteiger partial charge in [0.2, 0.25) is 0 Å². The lowest BCUT2D eigenvalue weighted by Gasteiger charge is -2.15. The van der Waals surface area contributed by atoms with Gasteiger partial charge in [-0.1, -0.05) is 23.7 Å². The zero-order chi connectivity index (χ0) is 21.6. The topological polar surface area (TPSA) is 136 Å². The van der Waals surface area contributed by atoms with Crippen molar-refractivity contribution in [3.63, 3.8) is 0 Å². The Morgan fingerprint density at radius 2 is 1.93 bits per heavy atom. The van der Waals surface area contributed by atoms with Crippen LogP contribution in [0, 0.1) is 16.9 Å². The second-order valence-electron chi connectivity index (χ2n) is 6.74. The summed E-state index contributed by atoms with van der Waals surface area (Å²) in [6.45, 7) is 1.85. The van der Waals surface area contributed by atoms with Crippen LogP contribution in [0.1, 0.15) is 5.56 Å². The van der Waals surface area contributed by atoms with E-state index in [1.165, 1.54) is 12.1 Å². The third-order valence-corrected chi connectivity index (χ3v) is 5.10. The predicted molar refractivity (Wildman–Crippen MR) is 117 cm³/mol. The Labute approximate surface area is 180 Å². The number of pyridine rings is 1. The van der Waals surface area contributed by atoms with Crippen molar-refractivity contribution < 1.29 is 15.5 Å². The van der Waals surface area contributed by atoms with Gasteiger partial charge in [0.25, 0.3) is 0 Å². The molecule has 1 atom stereocenters. The number of nitrogens with one attached hydrogen (secondary N) is 2. The van der Waals surface area contributed by atoms with Crippen molar-refractivity contribution in [1.29, 1.82) is 0 Å². The number of nitrogen functional groups attached to an aromatic ring is 1. The first kappa shape index (κ1) is 20.2. The molecule has 0 spiro atoms. The average molecular weight is 442 g/mol. The first-order valence-electron chi connectivity index (χ1n) is 8.78. The highest BCUT2D eigenvalue weighted by molar-refractivity contribution is 7.71. The molecule has 0 saturated heterocycles. The Kier molecular flexibility index (Phi) is 5.14. The zero-order valence-electron chi connectivity index (χ0n) is 15.6. The number of halogens is 1. The van der Waals surface area contributed by atoms with Crippen LogP contribution >= 0.6 is 23.8 Å². The van der Waals surface area contributed by atoms with Crippen molar-refractivity contribution in [1.82, 2.24) is 15.0 Å². The molecule has 0 aliphatic heterocycles. The first-order chi connectivity index (χ1) is 14.2. The van der Waals surface area contributed by atoms with Gasteiger partial charge in [-0.15, -0.1) is 0 Å². The fraction of sp³-hybridized carbons (Fsp3) is 0.0500. The van der Waals surface area contributed by atoms with Gasteiger partial charge in [0.15, 0.2) is 16.1 Å². The van der Waals surface area contributed by atoms with Crippen LogP contribution in [0.3, 0.4) is 0 Å². The van der Waals surface area contributed by atoms with Crippen LogP contribution < -0.4 is 11.0 Å². The smallest absolute Gasteiger partial charge is 0.200 e. The fourth-order valence-corrected chi connectivity index (χ4v) is 3.77. The maximum Gasteiger partial charge on any atom is 0.200 e. The molecule has 4 rings (SSSR count). The van der Waals surface area contributed by atoms with Crippen LogP contribution in [-0.2, 0) is 0 Å². The van der Waals surface area contributed by atoms with E-state index >= 15 is 0 Å². The summed E-state index contributed by atoms with van der Waals surface area (Å²) in [5.41, 5.74) is 9.39. The van der Waals surface area contributed by atoms with Gasteiger partial charge in [-0.3, -0.25) is 0 Å². The molecule has 6 N–H and O–H groups in total. The molecule has 2 aromatic carbocycles. The van der Waals surface area contributed by atoms with E-state index in [4.69, 9.17) is 29.6 Å². The number of benzene rings is 2. The van der Waals surface area contributed by atoms with Gasteiger partial charge >= 0.3 is 0 Å². The number of H-pyrrole nitrogens is 1. The predicted octanol–water partition coefficient (Wildman–Crippen LogP) is 3.67. The lowest BCUT2D eigenvalue weighted by Crippen LogP contribution is -2.99. The number of nitrogens with zero attached hydrogens (tertiary/aromatic N) is 2. The first-order valence-corrected chi connectivity index (χ1v) is 9.57. The van der Waals surface area contributed by atoms with E-state index < -0.39 is 5.23 Å². The van der Waals surface area contributed by atoms with Gasteiger partial charge in [0.05, 0.1) is 16.1 Å². The number of aromatic hydroxyl groups is 1. The van der Waals surface area contributed by atoms with E-state index in [1.807, 2.05) is 6.92 Å². The third kappa shape index (κ3) is 3.60. The average Bonchev–Trinajstić information content (AvgIpc) is 2.69. The normalized spacial score (nSPS) is 12.3. The molecule has 2 heterocycles. The zero-order valence-corrected chi connectivity index (χ0v) is 17.2. The molecule has 30 heavy (non-hydrogen) atoms. The van der Waals surface area contributed by atoms with Crippen molar-refractivity contribution in [3.8, 4) is 28.1 Å². The number of anilines is 1. The monoisotopic (exact) mass is 441 g/mol. The van der Waals surface area contributed by atoms with Crippen LogP contribution in [-0.4, -0.2) is 25.3 Å². The molecule has 2 aromatic heterocycles. The molecule has 0 aliphatic rings. The maximum atomic E-state index is 11.5. The molecular weight excluding hydrogens is 426 g/mol. The van der Waals surface area contributed by atoms with Crippen molar-refractivity contribution >= 4 is 46.4 Å². The Hall–Kier alpha value is -3.08. The minimum atomic E-state index is -1.05. The summed E-state index contributed by atoms with van der Waals surface area (Å²) in [7, 11) is 0. The lowest BCUT2D eigenvalue weighted by molar-refractivity contribution is -0.991. The Balaban J connectivity index is 2.09. The Morgan fingerprint density at radius 3 is 2.67 bits per heavy atom. The number of aromatic amines is 1. The molecule has 152 valence electrons. The summed E-state index contributed by atoms with van der Waals surface area (Å²) in [5, 5.41) is 31.0. The van der Waals surface area contributed by atoms with Crippen molar-refractivity contribution in [2.45, 2.75) is 6.92 Å². The molecule has 8 nitrogen and oxygen atoms in total. The number of aryl methyl sites for hydroxylation is 1. The van der Waals surface area contributed by atoms with Crippen LogP contribution in [0.4, 0.5) is 11.5 Å². The number of rotatable bonds is 3. The number of aromatic nitrogens is 3. The van der Waals surface area contributed by atoms with Crippen molar-refractivity contribution in [2.24, 2.45) is 0 Å². The molecular formula is C20H16ClN5O3S. The number of fused-ring (bicyclic) bond motifs is 1. The van der Waals surface area contributed by atoms with E-state index in [1.54, 1.807) is 30.3 Å². The summed E-state index contributed by atoms with van der Waals surface area (Å²) in [6.07, 6.45) is 0. The summed E-state index contributed by atoms with van der Waals surface area (Å²) in [6, 6.07) is 11.5. The van der Waals surface area contributed by atoms with Gasteiger partial charge in [0, 0.05) is 17.7 Å². The van der Waals surface area contributed by atoms with E-state index in [2.05, 4.69) is 15.0 Å².